The van der Waals surface area contributed by atoms with Gasteiger partial charge in [-0.15, -0.1) is 0 Å². The minimum atomic E-state index is -0.0522. The summed E-state index contributed by atoms with van der Waals surface area (Å²) in [6.07, 6.45) is 0. The lowest BCUT2D eigenvalue weighted by Crippen LogP contribution is -2.48. The zero-order valence-electron chi connectivity index (χ0n) is 16.6. The monoisotopic (exact) mass is 431 g/mol. The number of benzene rings is 2. The molecule has 0 atom stereocenters. The molecule has 0 aliphatic carbocycles. The maximum atomic E-state index is 13.1. The van der Waals surface area contributed by atoms with Crippen LogP contribution in [0.15, 0.2) is 30.3 Å². The molecule has 0 spiro atoms. The van der Waals surface area contributed by atoms with Crippen LogP contribution in [0.1, 0.15) is 15.9 Å². The van der Waals surface area contributed by atoms with Crippen molar-refractivity contribution in [2.75, 3.05) is 45.3 Å². The standard InChI is InChI=1S/C21H22ClN3O3S/c1-13-7-8-15(22)19-17(13)23-21(29-19)25-11-9-24(10-12-25)20(26)14-5-4-6-16(27-2)18(14)28-3/h4-8H,9-12H2,1-3H3. The van der Waals surface area contributed by atoms with Gasteiger partial charge in [0.15, 0.2) is 16.6 Å². The zero-order valence-corrected chi connectivity index (χ0v) is 18.1. The fourth-order valence-electron chi connectivity index (χ4n) is 3.55. The van der Waals surface area contributed by atoms with Crippen LogP contribution in [0.3, 0.4) is 0 Å². The molecule has 4 rings (SSSR count). The highest BCUT2D eigenvalue weighted by molar-refractivity contribution is 7.22. The molecule has 1 saturated heterocycles. The maximum Gasteiger partial charge on any atom is 0.257 e. The van der Waals surface area contributed by atoms with Gasteiger partial charge in [0, 0.05) is 26.2 Å². The number of fused-ring (bicyclic) bond motifs is 1. The first-order chi connectivity index (χ1) is 14.0. The molecule has 1 amide bonds. The second-order valence-electron chi connectivity index (χ2n) is 6.86. The van der Waals surface area contributed by atoms with Crippen LogP contribution in [0, 0.1) is 6.92 Å². The molecule has 152 valence electrons. The SMILES string of the molecule is COc1cccc(C(=O)N2CCN(c3nc4c(C)ccc(Cl)c4s3)CC2)c1OC. The van der Waals surface area contributed by atoms with Gasteiger partial charge in [0.1, 0.15) is 0 Å². The Morgan fingerprint density at radius 1 is 1.10 bits per heavy atom. The first kappa shape index (κ1) is 19.8. The molecule has 29 heavy (non-hydrogen) atoms. The number of para-hydroxylation sites is 1. The third kappa shape index (κ3) is 3.60. The summed E-state index contributed by atoms with van der Waals surface area (Å²) in [5.41, 5.74) is 2.59. The van der Waals surface area contributed by atoms with Crippen molar-refractivity contribution < 1.29 is 14.3 Å². The van der Waals surface area contributed by atoms with Crippen molar-refractivity contribution in [3.8, 4) is 11.5 Å². The van der Waals surface area contributed by atoms with Gasteiger partial charge in [-0.1, -0.05) is 35.1 Å². The van der Waals surface area contributed by atoms with E-state index in [2.05, 4.69) is 4.90 Å². The molecule has 0 N–H and O–H groups in total. The third-order valence-corrected chi connectivity index (χ3v) is 6.73. The number of carbonyl (C=O) groups excluding carboxylic acids is 1. The van der Waals surface area contributed by atoms with E-state index in [1.165, 1.54) is 0 Å². The Balaban J connectivity index is 1.51. The topological polar surface area (TPSA) is 54.9 Å². The molecule has 1 aromatic heterocycles. The van der Waals surface area contributed by atoms with Gasteiger partial charge in [0.25, 0.3) is 5.91 Å². The van der Waals surface area contributed by atoms with Crippen molar-refractivity contribution in [3.05, 3.63) is 46.5 Å². The molecule has 0 unspecified atom stereocenters. The summed E-state index contributed by atoms with van der Waals surface area (Å²) < 4.78 is 11.8. The van der Waals surface area contributed by atoms with Crippen LogP contribution in [-0.2, 0) is 0 Å². The number of ether oxygens (including phenoxy) is 2. The molecule has 1 aliphatic heterocycles. The fourth-order valence-corrected chi connectivity index (χ4v) is 4.92. The normalized spacial score (nSPS) is 14.3. The Labute approximate surface area is 178 Å². The minimum Gasteiger partial charge on any atom is -0.493 e. The van der Waals surface area contributed by atoms with Gasteiger partial charge in [0.2, 0.25) is 0 Å². The van der Waals surface area contributed by atoms with Crippen LogP contribution in [0.4, 0.5) is 5.13 Å². The van der Waals surface area contributed by atoms with Crippen molar-refractivity contribution in [2.45, 2.75) is 6.92 Å². The highest BCUT2D eigenvalue weighted by Crippen LogP contribution is 2.36. The van der Waals surface area contributed by atoms with Crippen molar-refractivity contribution in [1.82, 2.24) is 9.88 Å². The van der Waals surface area contributed by atoms with Crippen LogP contribution < -0.4 is 14.4 Å². The Hall–Kier alpha value is -2.51. The second-order valence-corrected chi connectivity index (χ2v) is 8.24. The lowest BCUT2D eigenvalue weighted by Gasteiger charge is -2.34. The highest BCUT2D eigenvalue weighted by atomic mass is 35.5. The average molecular weight is 432 g/mol. The summed E-state index contributed by atoms with van der Waals surface area (Å²) in [6, 6.07) is 9.27. The number of nitrogens with zero attached hydrogens (tertiary/aromatic N) is 3. The highest BCUT2D eigenvalue weighted by Gasteiger charge is 2.27. The Kier molecular flexibility index (Phi) is 5.52. The molecular weight excluding hydrogens is 410 g/mol. The number of hydrogen-bond acceptors (Lipinski definition) is 6. The smallest absolute Gasteiger partial charge is 0.257 e. The average Bonchev–Trinajstić information content (AvgIpc) is 3.22. The number of amides is 1. The van der Waals surface area contributed by atoms with E-state index in [4.69, 9.17) is 26.1 Å². The maximum absolute atomic E-state index is 13.1. The van der Waals surface area contributed by atoms with Gasteiger partial charge in [-0.2, -0.15) is 0 Å². The lowest BCUT2D eigenvalue weighted by atomic mass is 10.1. The van der Waals surface area contributed by atoms with E-state index < -0.39 is 0 Å². The predicted molar refractivity (Wildman–Crippen MR) is 117 cm³/mol. The van der Waals surface area contributed by atoms with E-state index in [1.807, 2.05) is 24.0 Å². The van der Waals surface area contributed by atoms with Gasteiger partial charge in [-0.05, 0) is 30.7 Å². The van der Waals surface area contributed by atoms with Crippen LogP contribution in [0.25, 0.3) is 10.2 Å². The van der Waals surface area contributed by atoms with E-state index in [0.717, 1.165) is 25.9 Å². The summed E-state index contributed by atoms with van der Waals surface area (Å²) in [4.78, 5) is 21.9. The molecule has 0 bridgehead atoms. The van der Waals surface area contributed by atoms with E-state index in [0.29, 0.717) is 43.2 Å². The quantitative estimate of drug-likeness (QED) is 0.618. The van der Waals surface area contributed by atoms with Gasteiger partial charge in [-0.25, -0.2) is 4.98 Å². The van der Waals surface area contributed by atoms with Gasteiger partial charge < -0.3 is 19.3 Å². The van der Waals surface area contributed by atoms with Crippen LogP contribution in [0.5, 0.6) is 11.5 Å². The molecule has 2 heterocycles. The third-order valence-electron chi connectivity index (χ3n) is 5.16. The van der Waals surface area contributed by atoms with Crippen LogP contribution >= 0.6 is 22.9 Å². The van der Waals surface area contributed by atoms with Crippen LogP contribution in [0.2, 0.25) is 5.02 Å². The number of piperazine rings is 1. The number of anilines is 1. The van der Waals surface area contributed by atoms with Gasteiger partial charge >= 0.3 is 0 Å². The Morgan fingerprint density at radius 2 is 1.86 bits per heavy atom. The van der Waals surface area contributed by atoms with E-state index in [-0.39, 0.29) is 5.91 Å². The minimum absolute atomic E-state index is 0.0522. The lowest BCUT2D eigenvalue weighted by molar-refractivity contribution is 0.0742. The van der Waals surface area contributed by atoms with Crippen molar-refractivity contribution in [3.63, 3.8) is 0 Å². The van der Waals surface area contributed by atoms with Crippen molar-refractivity contribution in [2.24, 2.45) is 0 Å². The van der Waals surface area contributed by atoms with Gasteiger partial charge in [0.05, 0.1) is 35.0 Å². The molecule has 0 radical (unpaired) electrons. The summed E-state index contributed by atoms with van der Waals surface area (Å²) in [7, 11) is 3.11. The number of halogens is 1. The van der Waals surface area contributed by atoms with E-state index >= 15 is 0 Å². The number of rotatable bonds is 4. The molecule has 2 aromatic carbocycles. The van der Waals surface area contributed by atoms with Crippen molar-refractivity contribution in [1.29, 1.82) is 0 Å². The second kappa shape index (κ2) is 8.08. The number of thiazole rings is 1. The van der Waals surface area contributed by atoms with Gasteiger partial charge in [-0.3, -0.25) is 4.79 Å². The number of carbonyl (C=O) groups is 1. The van der Waals surface area contributed by atoms with E-state index in [1.54, 1.807) is 43.8 Å². The summed E-state index contributed by atoms with van der Waals surface area (Å²) in [5.74, 6) is 0.973. The first-order valence-corrected chi connectivity index (χ1v) is 10.5. The fraction of sp³-hybridized carbons (Fsp3) is 0.333. The van der Waals surface area contributed by atoms with Crippen LogP contribution in [-0.4, -0.2) is 56.2 Å². The number of aromatic nitrogens is 1. The predicted octanol–water partition coefficient (Wildman–Crippen LogP) is 4.24. The number of hydrogen-bond donors (Lipinski definition) is 0. The summed E-state index contributed by atoms with van der Waals surface area (Å²) in [6.45, 7) is 4.70. The molecule has 1 fully saturated rings. The summed E-state index contributed by atoms with van der Waals surface area (Å²) >= 11 is 7.95. The largest absolute Gasteiger partial charge is 0.493 e. The molecule has 8 heteroatoms. The Bertz CT molecular complexity index is 1020. The van der Waals surface area contributed by atoms with E-state index in [9.17, 15) is 4.79 Å². The Morgan fingerprint density at radius 3 is 2.52 bits per heavy atom. The zero-order chi connectivity index (χ0) is 20.5. The van der Waals surface area contributed by atoms with Crippen molar-refractivity contribution >= 4 is 44.2 Å². The molecule has 0 saturated carbocycles. The number of methoxy groups -OCH3 is 2. The first-order valence-electron chi connectivity index (χ1n) is 9.34. The molecule has 6 nitrogen and oxygen atoms in total. The number of aryl methyl sites for hydroxylation is 1. The molecule has 3 aromatic rings. The summed E-state index contributed by atoms with van der Waals surface area (Å²) in [5, 5.41) is 1.68. The molecule has 1 aliphatic rings. The molecular formula is C21H22ClN3O3S.